The van der Waals surface area contributed by atoms with Crippen molar-refractivity contribution in [3.8, 4) is 22.5 Å². The number of unbranched alkanes of at least 4 members (excludes halogenated alkanes) is 1. The molecule has 2 aromatic carbocycles. The van der Waals surface area contributed by atoms with Crippen LogP contribution in [0.1, 0.15) is 12.8 Å². The number of benzene rings is 2. The maximum Gasteiger partial charge on any atom is 0.200 e. The smallest absolute Gasteiger partial charge is 0.200 e. The molecule has 6 nitrogen and oxygen atoms in total. The van der Waals surface area contributed by atoms with Crippen LogP contribution in [0, 0.1) is 11.6 Å². The van der Waals surface area contributed by atoms with E-state index in [2.05, 4.69) is 30.6 Å². The predicted octanol–water partition coefficient (Wildman–Crippen LogP) is 5.05. The van der Waals surface area contributed by atoms with E-state index in [9.17, 15) is 8.78 Å². The summed E-state index contributed by atoms with van der Waals surface area (Å²) in [5, 5.41) is 6.50. The third-order valence-electron chi connectivity index (χ3n) is 4.65. The Morgan fingerprint density at radius 3 is 1.43 bits per heavy atom. The molecule has 0 amide bonds. The lowest BCUT2D eigenvalue weighted by Crippen LogP contribution is -2.07. The van der Waals surface area contributed by atoms with Crippen molar-refractivity contribution in [1.29, 1.82) is 0 Å². The van der Waals surface area contributed by atoms with Crippen LogP contribution in [0.15, 0.2) is 60.9 Å². The molecule has 0 saturated heterocycles. The highest BCUT2D eigenvalue weighted by molar-refractivity contribution is 5.61. The topological polar surface area (TPSA) is 81.4 Å². The summed E-state index contributed by atoms with van der Waals surface area (Å²) in [6.07, 6.45) is 5.36. The van der Waals surface area contributed by atoms with Crippen molar-refractivity contribution in [2.45, 2.75) is 12.8 Å². The van der Waals surface area contributed by atoms with E-state index in [-0.39, 0.29) is 11.6 Å². The van der Waals surface area contributed by atoms with Gasteiger partial charge in [0.25, 0.3) is 0 Å². The highest BCUT2D eigenvalue weighted by atomic mass is 19.1. The van der Waals surface area contributed by atoms with Crippen molar-refractivity contribution in [3.05, 3.63) is 72.6 Å². The van der Waals surface area contributed by atoms with Gasteiger partial charge in [-0.15, -0.1) is 0 Å². The summed E-state index contributed by atoms with van der Waals surface area (Å²) in [4.78, 5) is 15.0. The zero-order valence-electron chi connectivity index (χ0n) is 16.3. The van der Waals surface area contributed by atoms with Crippen LogP contribution in [0.5, 0.6) is 0 Å². The first-order valence-corrected chi connectivity index (χ1v) is 9.77. The number of H-pyrrole nitrogens is 2. The van der Waals surface area contributed by atoms with Gasteiger partial charge in [0, 0.05) is 13.1 Å². The van der Waals surface area contributed by atoms with Crippen molar-refractivity contribution in [1.82, 2.24) is 19.9 Å². The molecule has 4 rings (SSSR count). The summed E-state index contributed by atoms with van der Waals surface area (Å²) in [7, 11) is 0. The second-order valence-corrected chi connectivity index (χ2v) is 6.87. The van der Waals surface area contributed by atoms with Crippen LogP contribution in [0.3, 0.4) is 0 Å². The van der Waals surface area contributed by atoms with Gasteiger partial charge in [0.15, 0.2) is 0 Å². The number of aromatic nitrogens is 4. The van der Waals surface area contributed by atoms with Gasteiger partial charge < -0.3 is 20.6 Å². The first-order valence-electron chi connectivity index (χ1n) is 9.77. The molecule has 0 fully saturated rings. The van der Waals surface area contributed by atoms with Crippen LogP contribution in [0.4, 0.5) is 20.7 Å². The number of hydrogen-bond donors (Lipinski definition) is 4. The molecule has 154 valence electrons. The maximum absolute atomic E-state index is 13.0. The summed E-state index contributed by atoms with van der Waals surface area (Å²) < 4.78 is 26.0. The second kappa shape index (κ2) is 9.21. The molecule has 0 aliphatic carbocycles. The lowest BCUT2D eigenvalue weighted by Gasteiger charge is -2.05. The maximum atomic E-state index is 13.0. The number of imidazole rings is 2. The lowest BCUT2D eigenvalue weighted by molar-refractivity contribution is 0.627. The second-order valence-electron chi connectivity index (χ2n) is 6.87. The van der Waals surface area contributed by atoms with Gasteiger partial charge in [-0.25, -0.2) is 18.7 Å². The summed E-state index contributed by atoms with van der Waals surface area (Å²) in [5.41, 5.74) is 3.46. The lowest BCUT2D eigenvalue weighted by atomic mass is 10.2. The van der Waals surface area contributed by atoms with Gasteiger partial charge in [0.05, 0.1) is 23.8 Å². The minimum absolute atomic E-state index is 0.258. The fourth-order valence-electron chi connectivity index (χ4n) is 3.04. The van der Waals surface area contributed by atoms with Crippen molar-refractivity contribution in [2.24, 2.45) is 0 Å². The summed E-state index contributed by atoms with van der Waals surface area (Å²) in [6.45, 7) is 1.55. The molecular formula is C22H22F2N6. The molecule has 8 heteroatoms. The minimum atomic E-state index is -0.258. The first-order chi connectivity index (χ1) is 14.7. The van der Waals surface area contributed by atoms with Crippen LogP contribution in [0.25, 0.3) is 22.5 Å². The zero-order valence-corrected chi connectivity index (χ0v) is 16.3. The molecule has 0 unspecified atom stereocenters. The van der Waals surface area contributed by atoms with E-state index in [4.69, 9.17) is 0 Å². The third kappa shape index (κ3) is 5.02. The molecule has 2 heterocycles. The largest absolute Gasteiger partial charge is 0.356 e. The van der Waals surface area contributed by atoms with Gasteiger partial charge in [-0.3, -0.25) is 0 Å². The van der Waals surface area contributed by atoms with E-state index in [0.29, 0.717) is 11.9 Å². The summed E-state index contributed by atoms with van der Waals surface area (Å²) in [6, 6.07) is 12.6. The van der Waals surface area contributed by atoms with Crippen molar-refractivity contribution in [3.63, 3.8) is 0 Å². The molecular weight excluding hydrogens is 386 g/mol. The van der Waals surface area contributed by atoms with E-state index in [0.717, 1.165) is 48.4 Å². The van der Waals surface area contributed by atoms with Gasteiger partial charge in [-0.2, -0.15) is 0 Å². The Morgan fingerprint density at radius 2 is 1.03 bits per heavy atom. The highest BCUT2D eigenvalue weighted by Gasteiger charge is 2.04. The van der Waals surface area contributed by atoms with E-state index in [1.165, 1.54) is 24.3 Å². The van der Waals surface area contributed by atoms with Gasteiger partial charge in [-0.05, 0) is 72.5 Å². The molecule has 4 aromatic rings. The molecule has 30 heavy (non-hydrogen) atoms. The number of halogens is 2. The van der Waals surface area contributed by atoms with Gasteiger partial charge in [-0.1, -0.05) is 0 Å². The normalized spacial score (nSPS) is 10.9. The van der Waals surface area contributed by atoms with Crippen LogP contribution in [-0.4, -0.2) is 33.0 Å². The Balaban J connectivity index is 1.17. The van der Waals surface area contributed by atoms with Crippen LogP contribution in [0.2, 0.25) is 0 Å². The monoisotopic (exact) mass is 408 g/mol. The highest BCUT2D eigenvalue weighted by Crippen LogP contribution is 2.20. The zero-order chi connectivity index (χ0) is 20.8. The van der Waals surface area contributed by atoms with Gasteiger partial charge in [0.1, 0.15) is 11.6 Å². The average Bonchev–Trinajstić information content (AvgIpc) is 3.42. The molecule has 0 aliphatic heterocycles. The first kappa shape index (κ1) is 19.6. The number of aromatic amines is 2. The SMILES string of the molecule is Fc1ccc(-c2cnc(NCCCCNc3ncc(-c4ccc(F)cc4)[nH]3)[nH]2)cc1. The average molecular weight is 408 g/mol. The van der Waals surface area contributed by atoms with Gasteiger partial charge >= 0.3 is 0 Å². The standard InChI is InChI=1S/C22H22F2N6/c23-17-7-3-15(4-8-17)19-13-27-21(29-19)25-11-1-2-12-26-22-28-14-20(30-22)16-5-9-18(24)10-6-16/h3-10,13-14H,1-2,11-12H2,(H2,25,27,29)(H2,26,28,30). The Hall–Kier alpha value is -3.68. The van der Waals surface area contributed by atoms with Crippen LogP contribution in [-0.2, 0) is 0 Å². The van der Waals surface area contributed by atoms with Crippen LogP contribution < -0.4 is 10.6 Å². The Bertz CT molecular complexity index is 982. The number of nitrogens with zero attached hydrogens (tertiary/aromatic N) is 2. The third-order valence-corrected chi connectivity index (χ3v) is 4.65. The molecule has 0 bridgehead atoms. The summed E-state index contributed by atoms with van der Waals surface area (Å²) in [5.74, 6) is 0.868. The Morgan fingerprint density at radius 1 is 0.633 bits per heavy atom. The minimum Gasteiger partial charge on any atom is -0.356 e. The van der Waals surface area contributed by atoms with Crippen molar-refractivity contribution < 1.29 is 8.78 Å². The van der Waals surface area contributed by atoms with E-state index < -0.39 is 0 Å². The van der Waals surface area contributed by atoms with E-state index >= 15 is 0 Å². The fourth-order valence-corrected chi connectivity index (χ4v) is 3.04. The summed E-state index contributed by atoms with van der Waals surface area (Å²) >= 11 is 0. The number of rotatable bonds is 9. The molecule has 2 aromatic heterocycles. The number of anilines is 2. The predicted molar refractivity (Wildman–Crippen MR) is 114 cm³/mol. The number of nitrogens with one attached hydrogen (secondary N) is 4. The Kier molecular flexibility index (Phi) is 6.03. The molecule has 0 radical (unpaired) electrons. The quantitative estimate of drug-likeness (QED) is 0.292. The van der Waals surface area contributed by atoms with Crippen molar-refractivity contribution in [2.75, 3.05) is 23.7 Å². The molecule has 0 saturated carbocycles. The number of hydrogen-bond acceptors (Lipinski definition) is 4. The molecule has 0 atom stereocenters. The van der Waals surface area contributed by atoms with Crippen LogP contribution >= 0.6 is 0 Å². The molecule has 0 aliphatic rings. The van der Waals surface area contributed by atoms with E-state index in [1.807, 2.05) is 0 Å². The molecule has 4 N–H and O–H groups in total. The van der Waals surface area contributed by atoms with Crippen molar-refractivity contribution >= 4 is 11.9 Å². The van der Waals surface area contributed by atoms with E-state index in [1.54, 1.807) is 36.7 Å². The fraction of sp³-hybridized carbons (Fsp3) is 0.182. The Labute approximate surface area is 172 Å². The van der Waals surface area contributed by atoms with Gasteiger partial charge in [0.2, 0.25) is 11.9 Å². The molecule has 0 spiro atoms.